The molecule has 3 rings (SSSR count). The summed E-state index contributed by atoms with van der Waals surface area (Å²) in [4.78, 5) is 12.1. The summed E-state index contributed by atoms with van der Waals surface area (Å²) < 4.78 is 13.1. The van der Waals surface area contributed by atoms with E-state index in [2.05, 4.69) is 10.7 Å². The normalized spacial score (nSPS) is 17.0. The van der Waals surface area contributed by atoms with Crippen molar-refractivity contribution in [2.24, 2.45) is 0 Å². The predicted octanol–water partition coefficient (Wildman–Crippen LogP) is 3.61. The smallest absolute Gasteiger partial charge is 0.252 e. The molecule has 1 aliphatic rings. The average molecular weight is 361 g/mol. The van der Waals surface area contributed by atoms with Gasteiger partial charge in [0, 0.05) is 5.69 Å². The van der Waals surface area contributed by atoms with E-state index in [-0.39, 0.29) is 17.1 Å². The van der Waals surface area contributed by atoms with Crippen molar-refractivity contribution in [3.63, 3.8) is 0 Å². The first-order valence-electron chi connectivity index (χ1n) is 7.36. The number of carbonyl (C=O) groups is 1. The Bertz CT molecular complexity index is 749. The Kier molecular flexibility index (Phi) is 5.01. The number of benzene rings is 2. The van der Waals surface area contributed by atoms with Gasteiger partial charge in [-0.25, -0.2) is 9.40 Å². The highest BCUT2D eigenvalue weighted by atomic mass is 32.2. The number of hydrazine groups is 1. The van der Waals surface area contributed by atoms with E-state index in [0.29, 0.717) is 10.9 Å². The second-order valence-corrected chi connectivity index (χ2v) is 6.89. The lowest BCUT2D eigenvalue weighted by molar-refractivity contribution is -0.129. The van der Waals surface area contributed by atoms with Gasteiger partial charge in [0.2, 0.25) is 0 Å². The van der Waals surface area contributed by atoms with Crippen molar-refractivity contribution in [1.29, 1.82) is 0 Å². The van der Waals surface area contributed by atoms with Crippen LogP contribution in [-0.4, -0.2) is 21.8 Å². The maximum atomic E-state index is 13.1. The third kappa shape index (κ3) is 3.85. The number of halogens is 1. The van der Waals surface area contributed by atoms with Crippen molar-refractivity contribution < 1.29 is 9.18 Å². The predicted molar refractivity (Wildman–Crippen MR) is 99.0 cm³/mol. The summed E-state index contributed by atoms with van der Waals surface area (Å²) in [5, 5.41) is 4.64. The van der Waals surface area contributed by atoms with Crippen LogP contribution in [-0.2, 0) is 4.79 Å². The number of nitrogens with one attached hydrogen (secondary N) is 2. The topological polar surface area (TPSA) is 44.4 Å². The summed E-state index contributed by atoms with van der Waals surface area (Å²) in [6.07, 6.45) is 0. The molecule has 0 unspecified atom stereocenters. The maximum Gasteiger partial charge on any atom is 0.252 e. The number of rotatable bonds is 3. The maximum absolute atomic E-state index is 13.1. The summed E-state index contributed by atoms with van der Waals surface area (Å²) in [5.74, 6) is -0.0196. The zero-order valence-corrected chi connectivity index (χ0v) is 14.6. The molecule has 2 aromatic rings. The average Bonchev–Trinajstić information content (AvgIpc) is 2.91. The molecule has 1 atom stereocenters. The zero-order chi connectivity index (χ0) is 17.1. The van der Waals surface area contributed by atoms with E-state index in [1.165, 1.54) is 28.9 Å². The fourth-order valence-corrected chi connectivity index (χ4v) is 3.65. The minimum absolute atomic E-state index is 0.0672. The molecule has 0 aromatic heterocycles. The standard InChI is InChI=1S/C17H16FN3OS2/c1-11-2-8-14(9-3-11)19-17(23)20-21-15(22)10-24-16(21)12-4-6-13(18)7-5-12/h2-9,16H,10H2,1H3,(H2,19,20,23)/t16-/m0/s1. The molecule has 0 bridgehead atoms. The quantitative estimate of drug-likeness (QED) is 0.818. The SMILES string of the molecule is Cc1ccc(NC(=S)NN2C(=O)CS[C@H]2c2ccc(F)cc2)cc1. The molecule has 24 heavy (non-hydrogen) atoms. The molecule has 1 amide bonds. The lowest BCUT2D eigenvalue weighted by Crippen LogP contribution is -2.46. The van der Waals surface area contributed by atoms with Gasteiger partial charge in [-0.1, -0.05) is 29.8 Å². The molecule has 0 spiro atoms. The van der Waals surface area contributed by atoms with E-state index in [4.69, 9.17) is 12.2 Å². The summed E-state index contributed by atoms with van der Waals surface area (Å²) in [7, 11) is 0. The fraction of sp³-hybridized carbons (Fsp3) is 0.176. The van der Waals surface area contributed by atoms with E-state index in [9.17, 15) is 9.18 Å². The second kappa shape index (κ2) is 7.19. The van der Waals surface area contributed by atoms with E-state index in [1.54, 1.807) is 12.1 Å². The van der Waals surface area contributed by atoms with Gasteiger partial charge in [0.25, 0.3) is 5.91 Å². The Morgan fingerprint density at radius 1 is 1.21 bits per heavy atom. The molecular formula is C17H16FN3OS2. The molecule has 0 saturated carbocycles. The van der Waals surface area contributed by atoms with Gasteiger partial charge in [-0.15, -0.1) is 11.8 Å². The van der Waals surface area contributed by atoms with Crippen LogP contribution >= 0.6 is 24.0 Å². The third-order valence-electron chi connectivity index (χ3n) is 3.55. The molecule has 1 aliphatic heterocycles. The summed E-state index contributed by atoms with van der Waals surface area (Å²) in [5.41, 5.74) is 5.79. The summed E-state index contributed by atoms with van der Waals surface area (Å²) in [6.45, 7) is 2.01. The molecule has 0 radical (unpaired) electrons. The Balaban J connectivity index is 1.69. The van der Waals surface area contributed by atoms with Crippen molar-refractivity contribution in [3.05, 3.63) is 65.5 Å². The Morgan fingerprint density at radius 3 is 2.54 bits per heavy atom. The molecule has 1 fully saturated rings. The zero-order valence-electron chi connectivity index (χ0n) is 13.0. The second-order valence-electron chi connectivity index (χ2n) is 5.41. The van der Waals surface area contributed by atoms with Gasteiger partial charge in [-0.2, -0.15) is 0 Å². The van der Waals surface area contributed by atoms with E-state index in [0.717, 1.165) is 16.8 Å². The molecule has 2 N–H and O–H groups in total. The van der Waals surface area contributed by atoms with Crippen LogP contribution in [0.3, 0.4) is 0 Å². The Morgan fingerprint density at radius 2 is 1.88 bits per heavy atom. The van der Waals surface area contributed by atoms with Crippen LogP contribution in [0.15, 0.2) is 48.5 Å². The first-order valence-corrected chi connectivity index (χ1v) is 8.82. The van der Waals surface area contributed by atoms with Crippen molar-refractivity contribution in [3.8, 4) is 0 Å². The van der Waals surface area contributed by atoms with Crippen LogP contribution < -0.4 is 10.7 Å². The van der Waals surface area contributed by atoms with Gasteiger partial charge in [0.05, 0.1) is 5.75 Å². The van der Waals surface area contributed by atoms with Gasteiger partial charge in [-0.3, -0.25) is 10.2 Å². The molecule has 0 aliphatic carbocycles. The fourth-order valence-electron chi connectivity index (χ4n) is 2.32. The molecule has 124 valence electrons. The van der Waals surface area contributed by atoms with Crippen LogP contribution in [0.2, 0.25) is 0 Å². The number of anilines is 1. The van der Waals surface area contributed by atoms with Gasteiger partial charge in [0.15, 0.2) is 5.11 Å². The Labute approximate surface area is 149 Å². The number of amides is 1. The van der Waals surface area contributed by atoms with Crippen molar-refractivity contribution in [2.75, 3.05) is 11.1 Å². The number of hydrogen-bond donors (Lipinski definition) is 2. The summed E-state index contributed by atoms with van der Waals surface area (Å²) >= 11 is 6.77. The van der Waals surface area contributed by atoms with Crippen LogP contribution in [0.5, 0.6) is 0 Å². The third-order valence-corrected chi connectivity index (χ3v) is 4.96. The van der Waals surface area contributed by atoms with Crippen molar-refractivity contribution in [1.82, 2.24) is 10.4 Å². The molecule has 1 saturated heterocycles. The van der Waals surface area contributed by atoms with Gasteiger partial charge in [0.1, 0.15) is 11.2 Å². The molecule has 2 aromatic carbocycles. The highest BCUT2D eigenvalue weighted by molar-refractivity contribution is 8.00. The largest absolute Gasteiger partial charge is 0.331 e. The van der Waals surface area contributed by atoms with Crippen LogP contribution in [0, 0.1) is 12.7 Å². The monoisotopic (exact) mass is 361 g/mol. The Hall–Kier alpha value is -2.12. The van der Waals surface area contributed by atoms with Crippen LogP contribution in [0.4, 0.5) is 10.1 Å². The number of aryl methyl sites for hydroxylation is 1. The van der Waals surface area contributed by atoms with Crippen molar-refractivity contribution in [2.45, 2.75) is 12.3 Å². The molecular weight excluding hydrogens is 345 g/mol. The van der Waals surface area contributed by atoms with Crippen LogP contribution in [0.1, 0.15) is 16.5 Å². The first kappa shape index (κ1) is 16.7. The minimum Gasteiger partial charge on any atom is -0.331 e. The number of hydrogen-bond acceptors (Lipinski definition) is 3. The van der Waals surface area contributed by atoms with Gasteiger partial charge < -0.3 is 5.32 Å². The number of carbonyl (C=O) groups excluding carboxylic acids is 1. The molecule has 1 heterocycles. The first-order chi connectivity index (χ1) is 11.5. The number of nitrogens with zero attached hydrogens (tertiary/aromatic N) is 1. The highest BCUT2D eigenvalue weighted by Gasteiger charge is 2.33. The lowest BCUT2D eigenvalue weighted by Gasteiger charge is -2.26. The van der Waals surface area contributed by atoms with E-state index >= 15 is 0 Å². The molecule has 7 heteroatoms. The lowest BCUT2D eigenvalue weighted by atomic mass is 10.2. The molecule has 4 nitrogen and oxygen atoms in total. The van der Waals surface area contributed by atoms with E-state index < -0.39 is 0 Å². The van der Waals surface area contributed by atoms with E-state index in [1.807, 2.05) is 31.2 Å². The highest BCUT2D eigenvalue weighted by Crippen LogP contribution is 2.37. The minimum atomic E-state index is -0.302. The van der Waals surface area contributed by atoms with Gasteiger partial charge >= 0.3 is 0 Å². The van der Waals surface area contributed by atoms with Crippen molar-refractivity contribution >= 4 is 40.7 Å². The number of thioether (sulfide) groups is 1. The van der Waals surface area contributed by atoms with Crippen LogP contribution in [0.25, 0.3) is 0 Å². The summed E-state index contributed by atoms with van der Waals surface area (Å²) in [6, 6.07) is 13.9. The van der Waals surface area contributed by atoms with Gasteiger partial charge in [-0.05, 0) is 49.0 Å². The number of thiocarbonyl (C=S) groups is 1.